The molecule has 2 aliphatic heterocycles. The van der Waals surface area contributed by atoms with Crippen molar-refractivity contribution in [3.63, 3.8) is 0 Å². The molecule has 26 heavy (non-hydrogen) atoms. The molecule has 2 heterocycles. The monoisotopic (exact) mass is 374 g/mol. The largest absolute Gasteiger partial charge is 0.381 e. The van der Waals surface area contributed by atoms with E-state index >= 15 is 0 Å². The highest BCUT2D eigenvalue weighted by Gasteiger charge is 2.37. The van der Waals surface area contributed by atoms with Crippen LogP contribution in [0.4, 0.5) is 10.1 Å². The number of hydrogen-bond donors (Lipinski definition) is 2. The first kappa shape index (κ1) is 17.5. The minimum absolute atomic E-state index is 0.00974. The van der Waals surface area contributed by atoms with E-state index in [4.69, 9.17) is 0 Å². The van der Waals surface area contributed by atoms with Gasteiger partial charge in [-0.3, -0.25) is 0 Å². The molecule has 2 aromatic carbocycles. The average molecular weight is 374 g/mol. The number of benzene rings is 2. The van der Waals surface area contributed by atoms with Gasteiger partial charge in [-0.2, -0.15) is 0 Å². The van der Waals surface area contributed by atoms with Crippen molar-refractivity contribution in [3.05, 3.63) is 53.8 Å². The molecule has 2 aliphatic rings. The summed E-state index contributed by atoms with van der Waals surface area (Å²) in [6.07, 6.45) is 1.95. The third-order valence-corrected chi connectivity index (χ3v) is 7.20. The SMILES string of the molecule is CC1CC2Nc3ccc(S(=O)(=O)c4cccc(F)c4)cc3[C@@H]2CC(C)N1. The summed E-state index contributed by atoms with van der Waals surface area (Å²) in [5.41, 5.74) is 2.06. The first-order valence-corrected chi connectivity index (χ1v) is 10.5. The normalized spacial score (nSPS) is 28.0. The van der Waals surface area contributed by atoms with Crippen molar-refractivity contribution >= 4 is 15.5 Å². The second-order valence-electron chi connectivity index (χ2n) is 7.51. The molecule has 3 unspecified atom stereocenters. The van der Waals surface area contributed by atoms with Gasteiger partial charge in [0.15, 0.2) is 0 Å². The van der Waals surface area contributed by atoms with E-state index in [1.54, 1.807) is 12.1 Å². The van der Waals surface area contributed by atoms with Crippen molar-refractivity contribution in [2.45, 2.75) is 60.5 Å². The zero-order valence-corrected chi connectivity index (χ0v) is 15.7. The highest BCUT2D eigenvalue weighted by atomic mass is 32.2. The maximum Gasteiger partial charge on any atom is 0.206 e. The van der Waals surface area contributed by atoms with E-state index in [0.29, 0.717) is 18.1 Å². The lowest BCUT2D eigenvalue weighted by Crippen LogP contribution is -2.33. The number of fused-ring (bicyclic) bond motifs is 3. The Hall–Kier alpha value is -1.92. The summed E-state index contributed by atoms with van der Waals surface area (Å²) < 4.78 is 39.4. The van der Waals surface area contributed by atoms with E-state index in [1.165, 1.54) is 18.2 Å². The van der Waals surface area contributed by atoms with Gasteiger partial charge in [0.2, 0.25) is 9.84 Å². The van der Waals surface area contributed by atoms with Crippen LogP contribution in [-0.4, -0.2) is 26.5 Å². The van der Waals surface area contributed by atoms with Gasteiger partial charge in [-0.25, -0.2) is 12.8 Å². The molecule has 1 fully saturated rings. The lowest BCUT2D eigenvalue weighted by molar-refractivity contribution is 0.468. The first-order valence-electron chi connectivity index (χ1n) is 9.02. The topological polar surface area (TPSA) is 58.2 Å². The second-order valence-corrected chi connectivity index (χ2v) is 9.46. The highest BCUT2D eigenvalue weighted by Crippen LogP contribution is 2.43. The summed E-state index contributed by atoms with van der Waals surface area (Å²) in [6.45, 7) is 4.35. The standard InChI is InChI=1S/C20H23FN2O2S/c1-12-8-17-18-11-16(26(24,25)15-5-3-4-14(21)10-15)6-7-19(18)23-20(17)9-13(2)22-12/h3-7,10-13,17,20,22-23H,8-9H2,1-2H3/t12?,13?,17-,20?/m0/s1. The van der Waals surface area contributed by atoms with E-state index in [9.17, 15) is 12.8 Å². The maximum atomic E-state index is 13.5. The molecular formula is C20H23FN2O2S. The van der Waals surface area contributed by atoms with Crippen LogP contribution in [0.5, 0.6) is 0 Å². The first-order chi connectivity index (χ1) is 12.3. The summed E-state index contributed by atoms with van der Waals surface area (Å²) in [5, 5.41) is 7.14. The molecule has 4 nitrogen and oxygen atoms in total. The Morgan fingerprint density at radius 2 is 1.73 bits per heavy atom. The van der Waals surface area contributed by atoms with Crippen LogP contribution in [0.3, 0.4) is 0 Å². The smallest absolute Gasteiger partial charge is 0.206 e. The van der Waals surface area contributed by atoms with Crippen LogP contribution in [0.15, 0.2) is 52.3 Å². The number of hydrogen-bond acceptors (Lipinski definition) is 4. The molecule has 0 amide bonds. The third-order valence-electron chi connectivity index (χ3n) is 5.45. The Balaban J connectivity index is 1.74. The second kappa shape index (κ2) is 6.35. The van der Waals surface area contributed by atoms with Crippen LogP contribution in [0.2, 0.25) is 0 Å². The van der Waals surface area contributed by atoms with Gasteiger partial charge in [-0.15, -0.1) is 0 Å². The molecular weight excluding hydrogens is 351 g/mol. The van der Waals surface area contributed by atoms with Gasteiger partial charge in [0, 0.05) is 29.7 Å². The van der Waals surface area contributed by atoms with E-state index in [1.807, 2.05) is 6.07 Å². The molecule has 0 aliphatic carbocycles. The van der Waals surface area contributed by atoms with Crippen molar-refractivity contribution < 1.29 is 12.8 Å². The molecule has 2 N–H and O–H groups in total. The van der Waals surface area contributed by atoms with Gasteiger partial charge in [0.1, 0.15) is 5.82 Å². The molecule has 6 heteroatoms. The maximum absolute atomic E-state index is 13.5. The number of rotatable bonds is 2. The molecule has 0 bridgehead atoms. The Labute approximate surface area is 153 Å². The molecule has 4 atom stereocenters. The Kier molecular flexibility index (Phi) is 4.28. The summed E-state index contributed by atoms with van der Waals surface area (Å²) in [5.74, 6) is -0.272. The van der Waals surface area contributed by atoms with E-state index in [0.717, 1.165) is 30.2 Å². The van der Waals surface area contributed by atoms with Crippen molar-refractivity contribution in [3.8, 4) is 0 Å². The number of halogens is 1. The number of sulfone groups is 1. The van der Waals surface area contributed by atoms with Gasteiger partial charge in [0.25, 0.3) is 0 Å². The molecule has 138 valence electrons. The summed E-state index contributed by atoms with van der Waals surface area (Å²) in [6, 6.07) is 11.5. The van der Waals surface area contributed by atoms with Gasteiger partial charge < -0.3 is 10.6 Å². The molecule has 0 saturated carbocycles. The molecule has 2 aromatic rings. The molecule has 1 saturated heterocycles. The van der Waals surface area contributed by atoms with Crippen molar-refractivity contribution in [1.29, 1.82) is 0 Å². The third kappa shape index (κ3) is 3.01. The fraction of sp³-hybridized carbons (Fsp3) is 0.400. The summed E-state index contributed by atoms with van der Waals surface area (Å²) in [4.78, 5) is 0.215. The van der Waals surface area contributed by atoms with Crippen molar-refractivity contribution in [2.75, 3.05) is 5.32 Å². The van der Waals surface area contributed by atoms with Crippen molar-refractivity contribution in [2.24, 2.45) is 0 Å². The van der Waals surface area contributed by atoms with E-state index in [2.05, 4.69) is 24.5 Å². The van der Waals surface area contributed by atoms with Crippen LogP contribution in [0.1, 0.15) is 38.2 Å². The predicted molar refractivity (Wildman–Crippen MR) is 99.7 cm³/mol. The minimum Gasteiger partial charge on any atom is -0.381 e. The quantitative estimate of drug-likeness (QED) is 0.842. The Morgan fingerprint density at radius 3 is 2.50 bits per heavy atom. The van der Waals surface area contributed by atoms with Crippen LogP contribution < -0.4 is 10.6 Å². The number of anilines is 1. The molecule has 0 aromatic heterocycles. The zero-order chi connectivity index (χ0) is 18.5. The zero-order valence-electron chi connectivity index (χ0n) is 14.9. The lowest BCUT2D eigenvalue weighted by atomic mass is 9.88. The fourth-order valence-electron chi connectivity index (χ4n) is 4.33. The average Bonchev–Trinajstić information content (AvgIpc) is 2.83. The Morgan fingerprint density at radius 1 is 1.00 bits per heavy atom. The fourth-order valence-corrected chi connectivity index (χ4v) is 5.66. The molecule has 0 spiro atoms. The van der Waals surface area contributed by atoms with E-state index < -0.39 is 15.7 Å². The van der Waals surface area contributed by atoms with Gasteiger partial charge >= 0.3 is 0 Å². The summed E-state index contributed by atoms with van der Waals surface area (Å²) >= 11 is 0. The minimum atomic E-state index is -3.74. The van der Waals surface area contributed by atoms with Gasteiger partial charge in [-0.1, -0.05) is 6.07 Å². The lowest BCUT2D eigenvalue weighted by Gasteiger charge is -2.18. The van der Waals surface area contributed by atoms with Gasteiger partial charge in [-0.05, 0) is 68.7 Å². The Bertz CT molecular complexity index is 945. The predicted octanol–water partition coefficient (Wildman–Crippen LogP) is 3.70. The van der Waals surface area contributed by atoms with Gasteiger partial charge in [0.05, 0.1) is 9.79 Å². The molecule has 4 rings (SSSR count). The van der Waals surface area contributed by atoms with E-state index in [-0.39, 0.29) is 15.7 Å². The van der Waals surface area contributed by atoms with Crippen LogP contribution in [0, 0.1) is 5.82 Å². The molecule has 0 radical (unpaired) electrons. The van der Waals surface area contributed by atoms with Crippen LogP contribution >= 0.6 is 0 Å². The summed E-state index contributed by atoms with van der Waals surface area (Å²) in [7, 11) is -3.74. The van der Waals surface area contributed by atoms with Crippen LogP contribution in [-0.2, 0) is 9.84 Å². The van der Waals surface area contributed by atoms with Crippen LogP contribution in [0.25, 0.3) is 0 Å². The highest BCUT2D eigenvalue weighted by molar-refractivity contribution is 7.91. The number of nitrogens with one attached hydrogen (secondary N) is 2. The van der Waals surface area contributed by atoms with Crippen molar-refractivity contribution in [1.82, 2.24) is 5.32 Å².